The molecule has 0 aromatic rings. The van der Waals surface area contributed by atoms with Gasteiger partial charge in [-0.05, 0) is 198 Å². The maximum absolute atomic E-state index is 5.34. The van der Waals surface area contributed by atoms with Crippen molar-refractivity contribution >= 4 is 96.2 Å². The van der Waals surface area contributed by atoms with E-state index in [0.717, 1.165) is 0 Å². The molecule has 0 spiro atoms. The predicted molar refractivity (Wildman–Crippen MR) is 315 cm³/mol. The second-order valence-electron chi connectivity index (χ2n) is 21.3. The van der Waals surface area contributed by atoms with Crippen molar-refractivity contribution in [1.82, 2.24) is 0 Å². The fraction of sp³-hybridized carbons (Fsp3) is 0.772. The van der Waals surface area contributed by atoms with E-state index >= 15 is 0 Å². The fourth-order valence-corrected chi connectivity index (χ4v) is 32.6. The van der Waals surface area contributed by atoms with Gasteiger partial charge in [-0.15, -0.1) is 0 Å². The van der Waals surface area contributed by atoms with E-state index < -0.39 is 27.0 Å². The zero-order chi connectivity index (χ0) is 52.2. The van der Waals surface area contributed by atoms with Crippen LogP contribution in [0.1, 0.15) is 234 Å². The van der Waals surface area contributed by atoms with Crippen molar-refractivity contribution in [3.05, 3.63) is 75.0 Å². The molecule has 8 aliphatic rings. The van der Waals surface area contributed by atoms with Crippen molar-refractivity contribution in [3.63, 3.8) is 0 Å². The van der Waals surface area contributed by atoms with Crippen LogP contribution < -0.4 is 0 Å². The Bertz CT molecular complexity index is 1110. The molecule has 0 heterocycles. The topological polar surface area (TPSA) is 0 Å². The summed E-state index contributed by atoms with van der Waals surface area (Å²) in [6.07, 6.45) is 64.7. The van der Waals surface area contributed by atoms with Crippen LogP contribution in [0.4, 0.5) is 0 Å². The first-order valence-corrected chi connectivity index (χ1v) is 50.1. The first-order valence-electron chi connectivity index (χ1n) is 27.4. The third-order valence-corrected chi connectivity index (χ3v) is 33.5. The maximum atomic E-state index is 5.34. The van der Waals surface area contributed by atoms with Gasteiger partial charge in [-0.3, -0.25) is 0 Å². The van der Waals surface area contributed by atoms with E-state index in [1.165, 1.54) is 96.2 Å². The van der Waals surface area contributed by atoms with Gasteiger partial charge < -0.3 is 0 Å². The molecule has 71 heavy (non-hydrogen) atoms. The summed E-state index contributed by atoms with van der Waals surface area (Å²) in [6.45, 7) is 13.1. The molecule has 14 heteroatoms. The van der Waals surface area contributed by atoms with Crippen molar-refractivity contribution in [1.29, 1.82) is 0 Å². The normalized spacial score (nSPS) is 24.1. The minimum absolute atomic E-state index is 0.346. The average molecular weight is 1530 g/mol. The molecule has 8 rings (SSSR count). The Morgan fingerprint density at radius 3 is 0.662 bits per heavy atom. The van der Waals surface area contributed by atoms with Crippen molar-refractivity contribution in [2.45, 2.75) is 268 Å². The van der Waals surface area contributed by atoms with Gasteiger partial charge in [-0.25, -0.2) is 0 Å². The standard InChI is InChI=1S/2C18H33P.2C10H14.C.8ClH.4Ru/c2*1-4-10-16(11-5-1)19(17-12-6-2-7-13-17)18-14-8-3-9-15-18;2*1-8(2)10-6-4-9(3)5-7-10;;;;;;;;;;;;;/h2*16-18H,1-15H2;2*4-8H,1-3H3;;8*1H;;;;/q;;;;;;;;;;;;;4*+2/p-8. The molecule has 8 aliphatic carbocycles. The van der Waals surface area contributed by atoms with E-state index in [1.54, 1.807) is 154 Å². The Balaban J connectivity index is 0.000000309. The van der Waals surface area contributed by atoms with Crippen molar-refractivity contribution < 1.29 is 57.3 Å². The number of halogens is 8. The molecule has 0 N–H and O–H groups in total. The van der Waals surface area contributed by atoms with Crippen LogP contribution in [0.5, 0.6) is 0 Å². The predicted octanol–water partition coefficient (Wildman–Crippen LogP) is 23.4. The van der Waals surface area contributed by atoms with Crippen LogP contribution >= 0.6 is 93.4 Å². The summed E-state index contributed by atoms with van der Waals surface area (Å²) >= 11 is -4.23. The zero-order valence-electron chi connectivity index (χ0n) is 44.3. The van der Waals surface area contributed by atoms with Crippen LogP contribution in [0.25, 0.3) is 0 Å². The molecule has 0 saturated heterocycles. The number of hydrogen-bond donors (Lipinski definition) is 0. The Morgan fingerprint density at radius 2 is 0.535 bits per heavy atom. The third-order valence-electron chi connectivity index (χ3n) is 15.6. The molecule has 0 aliphatic heterocycles. The summed E-state index contributed by atoms with van der Waals surface area (Å²) < 4.78 is 2.65. The van der Waals surface area contributed by atoms with Gasteiger partial charge in [0, 0.05) is 0 Å². The van der Waals surface area contributed by atoms with Crippen LogP contribution in [-0.2, 0) is 57.3 Å². The molecule has 420 valence electrons. The quantitative estimate of drug-likeness (QED) is 0.168. The van der Waals surface area contributed by atoms with Gasteiger partial charge in [0.1, 0.15) is 0 Å². The summed E-state index contributed by atoms with van der Waals surface area (Å²) in [5.41, 5.74) is 7.14. The Labute approximate surface area is 502 Å². The van der Waals surface area contributed by atoms with Gasteiger partial charge in [0.15, 0.2) is 0 Å². The van der Waals surface area contributed by atoms with Crippen LogP contribution in [0.2, 0.25) is 0 Å². The average Bonchev–Trinajstić information content (AvgIpc) is 3.37. The molecular weight excluding hydrogens is 1430 g/mol. The van der Waals surface area contributed by atoms with E-state index in [2.05, 4.69) is 95.7 Å². The molecule has 8 fully saturated rings. The van der Waals surface area contributed by atoms with Gasteiger partial charge in [-0.2, -0.15) is 0 Å². The van der Waals surface area contributed by atoms with Crippen molar-refractivity contribution in [3.8, 4) is 0 Å². The Kier molecular flexibility index (Phi) is 47.9. The molecule has 0 aromatic heterocycles. The Morgan fingerprint density at radius 1 is 0.366 bits per heavy atom. The van der Waals surface area contributed by atoms with E-state index in [0.29, 0.717) is 27.7 Å². The molecule has 8 saturated carbocycles. The molecule has 0 bridgehead atoms. The zero-order valence-corrected chi connectivity index (χ0v) is 59.1. The minimum atomic E-state index is -1.77. The van der Waals surface area contributed by atoms with Gasteiger partial charge in [0.05, 0.1) is 0 Å². The molecule has 0 amide bonds. The Hall–Kier alpha value is 5.45. The molecular formula is C57H94Cl8P2Ru4. The van der Waals surface area contributed by atoms with E-state index in [-0.39, 0.29) is 30.3 Å². The van der Waals surface area contributed by atoms with Crippen molar-refractivity contribution in [2.24, 2.45) is 11.8 Å². The second kappa shape index (κ2) is 46.9. The van der Waals surface area contributed by atoms with E-state index in [4.69, 9.17) is 77.5 Å². The van der Waals surface area contributed by atoms with Gasteiger partial charge in [-0.1, -0.05) is 173 Å². The fourth-order valence-electron chi connectivity index (χ4n) is 12.0. The third kappa shape index (κ3) is 34.0. The van der Waals surface area contributed by atoms with Crippen LogP contribution in [0.15, 0.2) is 0 Å². The van der Waals surface area contributed by atoms with Crippen molar-refractivity contribution in [2.75, 3.05) is 0 Å². The summed E-state index contributed by atoms with van der Waals surface area (Å²) in [5.74, 6) is 6.83. The SMILES string of the molecule is C1CCC(P(C2CCCCC2)C2CCCCC2)CC1.C1CCC(P(C2CCCCC2)C2CCCCC2)CC1.C[C]1[CH][CH][C](C(C)C)[CH][CH]1.C[C]1[CH][CH][C](C(C)C)[CH][CH]1.[Cl][Ru]([Cl])=[C]=[Ru]([Cl])[Cl].[Cl][Ru][Cl].[Cl][Ru][Cl]. The van der Waals surface area contributed by atoms with Crippen LogP contribution in [0, 0.1) is 86.9 Å². The second-order valence-corrected chi connectivity index (χ2v) is 44.6. The summed E-state index contributed by atoms with van der Waals surface area (Å²) in [4.78, 5) is 0. The first kappa shape index (κ1) is 72.6. The van der Waals surface area contributed by atoms with E-state index in [1.807, 2.05) is 0 Å². The summed E-state index contributed by atoms with van der Waals surface area (Å²) in [5, 5.41) is 0. The van der Waals surface area contributed by atoms with Crippen LogP contribution in [0.3, 0.4) is 0 Å². The molecule has 0 aromatic carbocycles. The molecule has 0 atom stereocenters. The monoisotopic (exact) mass is 1530 g/mol. The first-order chi connectivity index (χ1) is 34.3. The van der Waals surface area contributed by atoms with Gasteiger partial charge in [0.2, 0.25) is 0 Å². The number of rotatable bonds is 8. The van der Waals surface area contributed by atoms with Crippen LogP contribution in [-0.4, -0.2) is 36.8 Å². The van der Waals surface area contributed by atoms with Gasteiger partial charge in [0.25, 0.3) is 0 Å². The molecule has 0 unspecified atom stereocenters. The number of hydrogen-bond acceptors (Lipinski definition) is 0. The molecule has 12 radical (unpaired) electrons. The summed E-state index contributed by atoms with van der Waals surface area (Å²) in [7, 11) is 41.5. The summed E-state index contributed by atoms with van der Waals surface area (Å²) in [6, 6.07) is 0. The molecule has 0 nitrogen and oxygen atoms in total. The van der Waals surface area contributed by atoms with Gasteiger partial charge >= 0.3 is 138 Å². The van der Waals surface area contributed by atoms with E-state index in [9.17, 15) is 0 Å².